The Labute approximate surface area is 124 Å². The Bertz CT molecular complexity index is 677. The van der Waals surface area contributed by atoms with Crippen molar-refractivity contribution in [2.75, 3.05) is 0 Å². The highest BCUT2D eigenvalue weighted by atomic mass is 35.5. The van der Waals surface area contributed by atoms with Gasteiger partial charge in [0, 0.05) is 5.02 Å². The van der Waals surface area contributed by atoms with Gasteiger partial charge in [-0.3, -0.25) is 0 Å². The smallest absolute Gasteiger partial charge is 0.123 e. The minimum atomic E-state index is -3.70. The standard InChI is InChI=1S/C15H15ClNO2S/c1-11(2)12-3-7-14(8-4-12)17-20(18,19)15-9-5-13(16)6-10-15/h3-11H,1-2H3/q-1. The quantitative estimate of drug-likeness (QED) is 0.810. The summed E-state index contributed by atoms with van der Waals surface area (Å²) in [6, 6.07) is 13.2. The van der Waals surface area contributed by atoms with Crippen molar-refractivity contribution < 1.29 is 8.42 Å². The molecule has 0 radical (unpaired) electrons. The van der Waals surface area contributed by atoms with Gasteiger partial charge in [-0.2, -0.15) is 0 Å². The van der Waals surface area contributed by atoms with Gasteiger partial charge in [-0.15, -0.1) is 5.69 Å². The summed E-state index contributed by atoms with van der Waals surface area (Å²) >= 11 is 5.74. The van der Waals surface area contributed by atoms with Crippen LogP contribution in [0.5, 0.6) is 0 Å². The number of nitrogens with zero attached hydrogens (tertiary/aromatic N) is 1. The predicted molar refractivity (Wildman–Crippen MR) is 82.2 cm³/mol. The van der Waals surface area contributed by atoms with Gasteiger partial charge in [-0.1, -0.05) is 49.7 Å². The Morgan fingerprint density at radius 1 is 0.950 bits per heavy atom. The normalized spacial score (nSPS) is 11.6. The van der Waals surface area contributed by atoms with Crippen LogP contribution in [0.4, 0.5) is 5.69 Å². The van der Waals surface area contributed by atoms with Gasteiger partial charge in [-0.05, 0) is 35.7 Å². The Morgan fingerprint density at radius 2 is 1.50 bits per heavy atom. The predicted octanol–water partition coefficient (Wildman–Crippen LogP) is 4.86. The maximum atomic E-state index is 12.1. The lowest BCUT2D eigenvalue weighted by Crippen LogP contribution is -1.97. The van der Waals surface area contributed by atoms with Crippen molar-refractivity contribution in [1.82, 2.24) is 0 Å². The summed E-state index contributed by atoms with van der Waals surface area (Å²) in [5, 5.41) is 0.491. The average molecular weight is 309 g/mol. The molecule has 2 aromatic rings. The SMILES string of the molecule is CC(C)c1ccc([N-]S(=O)(=O)c2ccc(Cl)cc2)cc1. The summed E-state index contributed by atoms with van der Waals surface area (Å²) in [7, 11) is -3.70. The molecule has 0 aliphatic heterocycles. The fourth-order valence-corrected chi connectivity index (χ4v) is 2.83. The Kier molecular flexibility index (Phi) is 4.35. The van der Waals surface area contributed by atoms with E-state index in [2.05, 4.69) is 18.6 Å². The number of rotatable bonds is 4. The van der Waals surface area contributed by atoms with E-state index in [0.717, 1.165) is 5.56 Å². The van der Waals surface area contributed by atoms with E-state index in [4.69, 9.17) is 11.6 Å². The van der Waals surface area contributed by atoms with Crippen molar-refractivity contribution in [3.63, 3.8) is 0 Å². The van der Waals surface area contributed by atoms with Crippen molar-refractivity contribution in [1.29, 1.82) is 0 Å². The minimum absolute atomic E-state index is 0.134. The molecule has 0 aromatic heterocycles. The maximum absolute atomic E-state index is 12.1. The zero-order chi connectivity index (χ0) is 14.8. The van der Waals surface area contributed by atoms with Crippen LogP contribution >= 0.6 is 11.6 Å². The van der Waals surface area contributed by atoms with Gasteiger partial charge >= 0.3 is 0 Å². The van der Waals surface area contributed by atoms with E-state index >= 15 is 0 Å². The minimum Gasteiger partial charge on any atom is -0.573 e. The van der Waals surface area contributed by atoms with Crippen molar-refractivity contribution in [2.45, 2.75) is 24.7 Å². The summed E-state index contributed by atoms with van der Waals surface area (Å²) in [5.74, 6) is 0.400. The molecule has 106 valence electrons. The van der Waals surface area contributed by atoms with Crippen LogP contribution < -0.4 is 0 Å². The summed E-state index contributed by atoms with van der Waals surface area (Å²) in [5.41, 5.74) is 1.57. The molecule has 2 aromatic carbocycles. The summed E-state index contributed by atoms with van der Waals surface area (Å²) in [6.45, 7) is 4.16. The van der Waals surface area contributed by atoms with E-state index in [1.807, 2.05) is 12.1 Å². The molecule has 0 unspecified atom stereocenters. The first-order valence-electron chi connectivity index (χ1n) is 6.22. The van der Waals surface area contributed by atoms with Gasteiger partial charge in [0.15, 0.2) is 0 Å². The maximum Gasteiger partial charge on any atom is 0.123 e. The molecule has 5 heteroatoms. The molecule has 0 saturated carbocycles. The lowest BCUT2D eigenvalue weighted by molar-refractivity contribution is 0.603. The first-order valence-corrected chi connectivity index (χ1v) is 8.04. The molecule has 0 N–H and O–H groups in total. The fraction of sp³-hybridized carbons (Fsp3) is 0.200. The van der Waals surface area contributed by atoms with Crippen LogP contribution in [0.15, 0.2) is 53.4 Å². The van der Waals surface area contributed by atoms with Crippen molar-refractivity contribution in [3.8, 4) is 0 Å². The van der Waals surface area contributed by atoms with Crippen molar-refractivity contribution in [3.05, 3.63) is 63.8 Å². The lowest BCUT2D eigenvalue weighted by Gasteiger charge is -2.22. The molecular formula is C15H15ClNO2S-. The number of benzene rings is 2. The third-order valence-corrected chi connectivity index (χ3v) is 4.47. The second-order valence-corrected chi connectivity index (χ2v) is 6.81. The van der Waals surface area contributed by atoms with Crippen LogP contribution in [0, 0.1) is 0 Å². The van der Waals surface area contributed by atoms with E-state index in [1.54, 1.807) is 12.1 Å². The molecule has 0 spiro atoms. The summed E-state index contributed by atoms with van der Waals surface area (Å²) in [6.07, 6.45) is 0. The molecule has 0 aliphatic rings. The van der Waals surface area contributed by atoms with E-state index in [-0.39, 0.29) is 4.90 Å². The molecule has 0 bridgehead atoms. The molecular weight excluding hydrogens is 294 g/mol. The number of hydrogen-bond donors (Lipinski definition) is 0. The van der Waals surface area contributed by atoms with Crippen LogP contribution in [-0.4, -0.2) is 8.42 Å². The molecule has 0 aliphatic carbocycles. The van der Waals surface area contributed by atoms with Gasteiger partial charge in [0.1, 0.15) is 10.0 Å². The van der Waals surface area contributed by atoms with Gasteiger partial charge in [0.2, 0.25) is 0 Å². The summed E-state index contributed by atoms with van der Waals surface area (Å²) < 4.78 is 28.1. The monoisotopic (exact) mass is 308 g/mol. The molecule has 0 fully saturated rings. The van der Waals surface area contributed by atoms with Crippen molar-refractivity contribution in [2.24, 2.45) is 0 Å². The van der Waals surface area contributed by atoms with Gasteiger partial charge in [0.05, 0.1) is 4.90 Å². The second-order valence-electron chi connectivity index (χ2n) is 4.77. The Balaban J connectivity index is 2.22. The Morgan fingerprint density at radius 3 is 2.00 bits per heavy atom. The average Bonchev–Trinajstić information content (AvgIpc) is 2.39. The highest BCUT2D eigenvalue weighted by Crippen LogP contribution is 2.29. The molecule has 3 nitrogen and oxygen atoms in total. The van der Waals surface area contributed by atoms with Crippen molar-refractivity contribution >= 4 is 27.3 Å². The molecule has 0 atom stereocenters. The third-order valence-electron chi connectivity index (χ3n) is 2.90. The molecule has 0 amide bonds. The van der Waals surface area contributed by atoms with Gasteiger partial charge < -0.3 is 4.72 Å². The van der Waals surface area contributed by atoms with E-state index in [0.29, 0.717) is 16.6 Å². The van der Waals surface area contributed by atoms with Crippen LogP contribution in [0.25, 0.3) is 4.72 Å². The zero-order valence-corrected chi connectivity index (χ0v) is 12.8. The third kappa shape index (κ3) is 3.52. The highest BCUT2D eigenvalue weighted by molar-refractivity contribution is 7.94. The van der Waals surface area contributed by atoms with Crippen LogP contribution in [0.2, 0.25) is 5.02 Å². The van der Waals surface area contributed by atoms with E-state index in [9.17, 15) is 8.42 Å². The molecule has 0 saturated heterocycles. The first kappa shape index (κ1) is 14.9. The van der Waals surface area contributed by atoms with Gasteiger partial charge in [0.25, 0.3) is 0 Å². The van der Waals surface area contributed by atoms with Crippen LogP contribution in [0.3, 0.4) is 0 Å². The second kappa shape index (κ2) is 5.85. The first-order chi connectivity index (χ1) is 9.38. The topological polar surface area (TPSA) is 48.2 Å². The fourth-order valence-electron chi connectivity index (χ4n) is 1.72. The van der Waals surface area contributed by atoms with Crippen LogP contribution in [-0.2, 0) is 10.0 Å². The van der Waals surface area contributed by atoms with Crippen LogP contribution in [0.1, 0.15) is 25.3 Å². The zero-order valence-electron chi connectivity index (χ0n) is 11.2. The molecule has 20 heavy (non-hydrogen) atoms. The highest BCUT2D eigenvalue weighted by Gasteiger charge is 2.04. The van der Waals surface area contributed by atoms with E-state index in [1.165, 1.54) is 24.3 Å². The number of halogens is 1. The number of sulfonamides is 1. The summed E-state index contributed by atoms with van der Waals surface area (Å²) in [4.78, 5) is 0.134. The largest absolute Gasteiger partial charge is 0.573 e. The molecule has 0 heterocycles. The number of hydrogen-bond acceptors (Lipinski definition) is 2. The Hall–Kier alpha value is -1.52. The van der Waals surface area contributed by atoms with E-state index < -0.39 is 10.0 Å². The lowest BCUT2D eigenvalue weighted by atomic mass is 10.0. The molecule has 2 rings (SSSR count). The van der Waals surface area contributed by atoms with Gasteiger partial charge in [-0.25, -0.2) is 8.42 Å².